The molecule has 0 saturated carbocycles. The van der Waals surface area contributed by atoms with Crippen LogP contribution in [0.1, 0.15) is 78.9 Å². The van der Waals surface area contributed by atoms with Crippen molar-refractivity contribution < 1.29 is 31.9 Å². The quantitative estimate of drug-likeness (QED) is 0.0760. The maximum Gasteiger partial charge on any atom is 0.419 e. The average Bonchev–Trinajstić information content (AvgIpc) is 2.97. The lowest BCUT2D eigenvalue weighted by atomic mass is 9.88. The van der Waals surface area contributed by atoms with Gasteiger partial charge in [0.1, 0.15) is 17.4 Å². The normalized spacial score (nSPS) is 12.7. The summed E-state index contributed by atoms with van der Waals surface area (Å²) in [7, 11) is 0. The summed E-state index contributed by atoms with van der Waals surface area (Å²) in [5.41, 5.74) is 1.78. The Kier molecular flexibility index (Phi) is 13.1. The van der Waals surface area contributed by atoms with Crippen molar-refractivity contribution in [2.24, 2.45) is 0 Å². The highest BCUT2D eigenvalue weighted by Gasteiger charge is 2.36. The van der Waals surface area contributed by atoms with Crippen molar-refractivity contribution in [3.63, 3.8) is 0 Å². The average molecular weight is 676 g/mol. The monoisotopic (exact) mass is 675 g/mol. The first-order valence-electron chi connectivity index (χ1n) is 15.1. The van der Waals surface area contributed by atoms with E-state index in [4.69, 9.17) is 16.3 Å². The summed E-state index contributed by atoms with van der Waals surface area (Å²) in [6.07, 6.45) is 0.888. The van der Waals surface area contributed by atoms with Gasteiger partial charge in [0.15, 0.2) is 5.15 Å². The Morgan fingerprint density at radius 3 is 2.45 bits per heavy atom. The molecule has 0 fully saturated rings. The summed E-state index contributed by atoms with van der Waals surface area (Å²) in [4.78, 5) is 39.2. The summed E-state index contributed by atoms with van der Waals surface area (Å²) >= 11 is 5.78. The highest BCUT2D eigenvalue weighted by Crippen LogP contribution is 2.35. The Morgan fingerprint density at radius 1 is 1.09 bits per heavy atom. The first-order valence-corrected chi connectivity index (χ1v) is 15.5. The molecule has 12 heteroatoms. The smallest absolute Gasteiger partial charge is 0.419 e. The third-order valence-corrected chi connectivity index (χ3v) is 7.75. The molecule has 0 bridgehead atoms. The van der Waals surface area contributed by atoms with Gasteiger partial charge in [-0.3, -0.25) is 14.4 Å². The molecule has 2 aromatic carbocycles. The summed E-state index contributed by atoms with van der Waals surface area (Å²) in [6.45, 7) is 12.7. The van der Waals surface area contributed by atoms with Crippen LogP contribution in [0.4, 0.5) is 17.6 Å². The van der Waals surface area contributed by atoms with Crippen LogP contribution in [-0.2, 0) is 26.9 Å². The summed E-state index contributed by atoms with van der Waals surface area (Å²) in [6, 6.07) is 6.32. The Labute approximate surface area is 276 Å². The van der Waals surface area contributed by atoms with E-state index in [9.17, 15) is 31.9 Å². The van der Waals surface area contributed by atoms with E-state index in [1.807, 2.05) is 26.0 Å². The van der Waals surface area contributed by atoms with Gasteiger partial charge in [-0.05, 0) is 98.9 Å². The topological polar surface area (TPSA) is 90.3 Å². The van der Waals surface area contributed by atoms with Crippen molar-refractivity contribution in [1.29, 1.82) is 0 Å². The molecule has 1 N–H and O–H groups in total. The molecular formula is C35H38ClF4N3O4. The molecule has 0 unspecified atom stereocenters. The fourth-order valence-corrected chi connectivity index (χ4v) is 5.68. The van der Waals surface area contributed by atoms with Gasteiger partial charge < -0.3 is 10.1 Å². The van der Waals surface area contributed by atoms with Gasteiger partial charge in [-0.25, -0.2) is 9.07 Å². The van der Waals surface area contributed by atoms with E-state index in [1.54, 1.807) is 19.1 Å². The number of unbranched alkanes of at least 4 members (excludes halogenated alkanes) is 2. The zero-order valence-electron chi connectivity index (χ0n) is 26.6. The van der Waals surface area contributed by atoms with Gasteiger partial charge in [-0.2, -0.15) is 18.3 Å². The lowest BCUT2D eigenvalue weighted by Crippen LogP contribution is -2.41. The van der Waals surface area contributed by atoms with Crippen LogP contribution in [0.25, 0.3) is 11.1 Å². The third-order valence-electron chi connectivity index (χ3n) is 7.47. The van der Waals surface area contributed by atoms with E-state index < -0.39 is 46.4 Å². The molecule has 0 saturated heterocycles. The molecule has 0 aliphatic rings. The SMILES string of the molecule is C=CCCCCc1cc(F)cc(C)c1-c1cc(C)cc([C@H](CC(=O)OCC)NC(=O)[C@H](CC=C)n2nc(Cl)c(C(F)(F)F)cc2=O)c1. The van der Waals surface area contributed by atoms with Crippen LogP contribution < -0.4 is 10.9 Å². The van der Waals surface area contributed by atoms with Gasteiger partial charge in [0.05, 0.1) is 19.1 Å². The number of ether oxygens (including phenoxy) is 1. The van der Waals surface area contributed by atoms with Crippen LogP contribution in [0.3, 0.4) is 0 Å². The van der Waals surface area contributed by atoms with Crippen molar-refractivity contribution in [2.75, 3.05) is 6.61 Å². The fraction of sp³-hybridized carbons (Fsp3) is 0.371. The number of benzene rings is 2. The molecule has 252 valence electrons. The fourth-order valence-electron chi connectivity index (χ4n) is 5.44. The van der Waals surface area contributed by atoms with Gasteiger partial charge in [0.2, 0.25) is 5.91 Å². The number of aryl methyl sites for hydroxylation is 3. The molecule has 3 aromatic rings. The van der Waals surface area contributed by atoms with Gasteiger partial charge in [-0.1, -0.05) is 41.4 Å². The number of hydrogen-bond acceptors (Lipinski definition) is 5. The van der Waals surface area contributed by atoms with E-state index in [2.05, 4.69) is 23.6 Å². The highest BCUT2D eigenvalue weighted by molar-refractivity contribution is 6.30. The summed E-state index contributed by atoms with van der Waals surface area (Å²) in [5, 5.41) is 5.36. The molecule has 3 rings (SSSR count). The molecule has 1 aromatic heterocycles. The Hall–Kier alpha value is -4.25. The second-order valence-corrected chi connectivity index (χ2v) is 11.5. The molecule has 7 nitrogen and oxygen atoms in total. The Morgan fingerprint density at radius 2 is 1.81 bits per heavy atom. The minimum atomic E-state index is -4.93. The zero-order valence-corrected chi connectivity index (χ0v) is 27.3. The molecule has 0 aliphatic heterocycles. The minimum Gasteiger partial charge on any atom is -0.466 e. The van der Waals surface area contributed by atoms with Crippen LogP contribution in [-0.4, -0.2) is 28.3 Å². The van der Waals surface area contributed by atoms with E-state index in [0.29, 0.717) is 22.2 Å². The molecule has 47 heavy (non-hydrogen) atoms. The molecule has 0 radical (unpaired) electrons. The van der Waals surface area contributed by atoms with Crippen molar-refractivity contribution in [3.05, 3.63) is 111 Å². The standard InChI is InChI=1S/C35H38ClF4N3O4/c1-6-9-10-11-13-23-18-26(37)16-22(5)32(23)25-15-21(4)14-24(17-25)28(20-31(45)47-8-3)41-34(46)29(12-7-2)43-30(44)19-27(33(36)42-43)35(38,39)40/h6-7,14-19,28-29H,1-2,8-13,20H2,3-5H3,(H,41,46)/t28-,29-/m0/s1. The second-order valence-electron chi connectivity index (χ2n) is 11.2. The number of rotatable bonds is 15. The molecule has 1 amide bonds. The third kappa shape index (κ3) is 9.87. The number of carbonyl (C=O) groups excluding carboxylic acids is 2. The Bertz CT molecular complexity index is 1690. The molecule has 0 aliphatic carbocycles. The van der Waals surface area contributed by atoms with Crippen molar-refractivity contribution in [1.82, 2.24) is 15.1 Å². The van der Waals surface area contributed by atoms with E-state index in [-0.39, 0.29) is 31.3 Å². The first kappa shape index (κ1) is 37.2. The summed E-state index contributed by atoms with van der Waals surface area (Å²) < 4.78 is 60.3. The number of nitrogens with zero attached hydrogens (tertiary/aromatic N) is 2. The molecular weight excluding hydrogens is 638 g/mol. The molecule has 0 spiro atoms. The first-order chi connectivity index (χ1) is 22.2. The molecule has 1 heterocycles. The van der Waals surface area contributed by atoms with Gasteiger partial charge in [-0.15, -0.1) is 13.2 Å². The highest BCUT2D eigenvalue weighted by atomic mass is 35.5. The second kappa shape index (κ2) is 16.5. The van der Waals surface area contributed by atoms with Crippen LogP contribution in [0.15, 0.2) is 66.5 Å². The van der Waals surface area contributed by atoms with Crippen LogP contribution in [0.5, 0.6) is 0 Å². The number of esters is 1. The summed E-state index contributed by atoms with van der Waals surface area (Å²) in [5.74, 6) is -1.78. The predicted molar refractivity (Wildman–Crippen MR) is 174 cm³/mol. The van der Waals surface area contributed by atoms with Crippen LogP contribution in [0.2, 0.25) is 5.15 Å². The van der Waals surface area contributed by atoms with Crippen molar-refractivity contribution >= 4 is 23.5 Å². The number of halogens is 5. The largest absolute Gasteiger partial charge is 0.466 e. The lowest BCUT2D eigenvalue weighted by Gasteiger charge is -2.24. The number of nitrogens with one attached hydrogen (secondary N) is 1. The zero-order chi connectivity index (χ0) is 34.9. The number of aromatic nitrogens is 2. The number of allylic oxidation sites excluding steroid dienone is 2. The van der Waals surface area contributed by atoms with Crippen molar-refractivity contribution in [3.8, 4) is 11.1 Å². The number of carbonyl (C=O) groups is 2. The van der Waals surface area contributed by atoms with Gasteiger partial charge >= 0.3 is 12.1 Å². The van der Waals surface area contributed by atoms with E-state index in [0.717, 1.165) is 41.5 Å². The number of amides is 1. The lowest BCUT2D eigenvalue weighted by molar-refractivity contribution is -0.144. The van der Waals surface area contributed by atoms with Gasteiger partial charge in [0.25, 0.3) is 5.56 Å². The maximum absolute atomic E-state index is 14.5. The van der Waals surface area contributed by atoms with Crippen molar-refractivity contribution in [2.45, 2.75) is 77.6 Å². The Balaban J connectivity index is 2.09. The predicted octanol–water partition coefficient (Wildman–Crippen LogP) is 8.17. The van der Waals surface area contributed by atoms with Crippen LogP contribution >= 0.6 is 11.6 Å². The van der Waals surface area contributed by atoms with E-state index >= 15 is 0 Å². The minimum absolute atomic E-state index is 0.0883. The number of alkyl halides is 3. The van der Waals surface area contributed by atoms with Gasteiger partial charge in [0, 0.05) is 6.07 Å². The van der Waals surface area contributed by atoms with Crippen LogP contribution in [0, 0.1) is 19.7 Å². The number of hydrogen-bond donors (Lipinski definition) is 1. The maximum atomic E-state index is 14.5. The molecule has 2 atom stereocenters. The van der Waals surface area contributed by atoms with E-state index in [1.165, 1.54) is 18.2 Å².